The largest absolute Gasteiger partial charge is 0.464 e. The molecule has 3 nitrogen and oxygen atoms in total. The lowest BCUT2D eigenvalue weighted by molar-refractivity contribution is -0.136. The smallest absolute Gasteiger partial charge is 0.353 e. The van der Waals surface area contributed by atoms with Gasteiger partial charge in [0, 0.05) is 14.3 Å². The molecule has 0 saturated carbocycles. The summed E-state index contributed by atoms with van der Waals surface area (Å²) in [7, 11) is 1.30. The standard InChI is InChI=1S/C16H14BrNO2S/c1-20-16(19)15(18)9-11-7-8-13(10-14(11)17)21-12-5-3-2-4-6-12/h2-10H,18H2,1H3/b15-9-. The molecule has 2 aromatic carbocycles. The molecule has 2 N–H and O–H groups in total. The monoisotopic (exact) mass is 363 g/mol. The number of nitrogens with two attached hydrogens (primary N) is 1. The van der Waals surface area contributed by atoms with Crippen molar-refractivity contribution < 1.29 is 9.53 Å². The van der Waals surface area contributed by atoms with Gasteiger partial charge in [-0.3, -0.25) is 0 Å². The second-order valence-electron chi connectivity index (χ2n) is 4.19. The van der Waals surface area contributed by atoms with Crippen LogP contribution in [0.15, 0.2) is 68.5 Å². The van der Waals surface area contributed by atoms with Crippen LogP contribution in [-0.2, 0) is 9.53 Å². The van der Waals surface area contributed by atoms with E-state index in [-0.39, 0.29) is 5.70 Å². The molecule has 2 aromatic rings. The Kier molecular flexibility index (Phi) is 5.47. The van der Waals surface area contributed by atoms with E-state index in [4.69, 9.17) is 5.73 Å². The van der Waals surface area contributed by atoms with Crippen molar-refractivity contribution in [3.8, 4) is 0 Å². The Morgan fingerprint density at radius 3 is 2.52 bits per heavy atom. The SMILES string of the molecule is COC(=O)/C(N)=C/c1ccc(Sc2ccccc2)cc1Br. The molecule has 0 amide bonds. The molecule has 0 aromatic heterocycles. The summed E-state index contributed by atoms with van der Waals surface area (Å²) in [4.78, 5) is 13.6. The van der Waals surface area contributed by atoms with Crippen LogP contribution in [0.1, 0.15) is 5.56 Å². The summed E-state index contributed by atoms with van der Waals surface area (Å²) in [6, 6.07) is 16.0. The highest BCUT2D eigenvalue weighted by molar-refractivity contribution is 9.10. The number of halogens is 1. The van der Waals surface area contributed by atoms with Crippen LogP contribution in [0.25, 0.3) is 6.08 Å². The van der Waals surface area contributed by atoms with Gasteiger partial charge in [-0.05, 0) is 35.9 Å². The summed E-state index contributed by atoms with van der Waals surface area (Å²) >= 11 is 5.16. The molecule has 0 aliphatic heterocycles. The lowest BCUT2D eigenvalue weighted by Crippen LogP contribution is -2.12. The Labute approximate surface area is 136 Å². The van der Waals surface area contributed by atoms with Gasteiger partial charge in [-0.25, -0.2) is 4.79 Å². The van der Waals surface area contributed by atoms with Crippen LogP contribution >= 0.6 is 27.7 Å². The van der Waals surface area contributed by atoms with E-state index in [9.17, 15) is 4.79 Å². The van der Waals surface area contributed by atoms with Crippen molar-refractivity contribution in [1.82, 2.24) is 0 Å². The lowest BCUT2D eigenvalue weighted by atomic mass is 10.2. The maximum absolute atomic E-state index is 11.3. The first-order chi connectivity index (χ1) is 10.1. The molecule has 0 radical (unpaired) electrons. The fraction of sp³-hybridized carbons (Fsp3) is 0.0625. The van der Waals surface area contributed by atoms with E-state index in [0.29, 0.717) is 0 Å². The van der Waals surface area contributed by atoms with Crippen LogP contribution in [0.2, 0.25) is 0 Å². The second kappa shape index (κ2) is 7.33. The van der Waals surface area contributed by atoms with Gasteiger partial charge in [0.15, 0.2) is 0 Å². The fourth-order valence-corrected chi connectivity index (χ4v) is 3.18. The highest BCUT2D eigenvalue weighted by Crippen LogP contribution is 2.31. The third-order valence-electron chi connectivity index (χ3n) is 2.68. The Morgan fingerprint density at radius 1 is 1.19 bits per heavy atom. The molecule has 0 unspecified atom stereocenters. The number of esters is 1. The predicted octanol–water partition coefficient (Wildman–Crippen LogP) is 4.07. The van der Waals surface area contributed by atoms with E-state index >= 15 is 0 Å². The van der Waals surface area contributed by atoms with Crippen LogP contribution in [0, 0.1) is 0 Å². The quantitative estimate of drug-likeness (QED) is 0.656. The van der Waals surface area contributed by atoms with Crippen molar-refractivity contribution in [2.24, 2.45) is 5.73 Å². The lowest BCUT2D eigenvalue weighted by Gasteiger charge is -2.05. The van der Waals surface area contributed by atoms with E-state index in [1.165, 1.54) is 12.0 Å². The van der Waals surface area contributed by atoms with Crippen molar-refractivity contribution in [3.05, 3.63) is 64.3 Å². The van der Waals surface area contributed by atoms with Gasteiger partial charge in [0.1, 0.15) is 5.70 Å². The normalized spacial score (nSPS) is 11.2. The molecule has 2 rings (SSSR count). The van der Waals surface area contributed by atoms with Crippen molar-refractivity contribution in [2.75, 3.05) is 7.11 Å². The molecule has 5 heteroatoms. The molecule has 0 bridgehead atoms. The van der Waals surface area contributed by atoms with Gasteiger partial charge in [-0.15, -0.1) is 0 Å². The molecule has 0 atom stereocenters. The first-order valence-electron chi connectivity index (χ1n) is 6.18. The van der Waals surface area contributed by atoms with Crippen LogP contribution in [0.4, 0.5) is 0 Å². The number of hydrogen-bond donors (Lipinski definition) is 1. The highest BCUT2D eigenvalue weighted by atomic mass is 79.9. The molecular weight excluding hydrogens is 350 g/mol. The fourth-order valence-electron chi connectivity index (χ4n) is 1.66. The van der Waals surface area contributed by atoms with Gasteiger partial charge < -0.3 is 10.5 Å². The number of methoxy groups -OCH3 is 1. The number of carbonyl (C=O) groups is 1. The summed E-state index contributed by atoms with van der Waals surface area (Å²) in [6.45, 7) is 0. The molecular formula is C16H14BrNO2S. The molecule has 0 aliphatic rings. The zero-order valence-electron chi connectivity index (χ0n) is 11.4. The van der Waals surface area contributed by atoms with Gasteiger partial charge >= 0.3 is 5.97 Å². The third kappa shape index (κ3) is 4.37. The minimum Gasteiger partial charge on any atom is -0.464 e. The molecule has 108 valence electrons. The summed E-state index contributed by atoms with van der Waals surface area (Å²) in [6.07, 6.45) is 1.59. The van der Waals surface area contributed by atoms with E-state index in [2.05, 4.69) is 32.8 Å². The molecule has 0 aliphatic carbocycles. The van der Waals surface area contributed by atoms with Crippen molar-refractivity contribution >= 4 is 39.7 Å². The summed E-state index contributed by atoms with van der Waals surface area (Å²) < 4.78 is 5.45. The van der Waals surface area contributed by atoms with Crippen molar-refractivity contribution in [2.45, 2.75) is 9.79 Å². The number of ether oxygens (including phenoxy) is 1. The van der Waals surface area contributed by atoms with E-state index in [1.807, 2.05) is 36.4 Å². The predicted molar refractivity (Wildman–Crippen MR) is 88.9 cm³/mol. The average Bonchev–Trinajstić information content (AvgIpc) is 2.50. The average molecular weight is 364 g/mol. The number of carbonyl (C=O) groups excluding carboxylic acids is 1. The minimum atomic E-state index is -0.537. The number of hydrogen-bond acceptors (Lipinski definition) is 4. The van der Waals surface area contributed by atoms with Crippen LogP contribution in [0.5, 0.6) is 0 Å². The van der Waals surface area contributed by atoms with Crippen molar-refractivity contribution in [3.63, 3.8) is 0 Å². The maximum Gasteiger partial charge on any atom is 0.353 e. The van der Waals surface area contributed by atoms with Gasteiger partial charge in [-0.1, -0.05) is 52.0 Å². The summed E-state index contributed by atoms with van der Waals surface area (Å²) in [5.74, 6) is -0.537. The van der Waals surface area contributed by atoms with E-state index < -0.39 is 5.97 Å². The molecule has 21 heavy (non-hydrogen) atoms. The first-order valence-corrected chi connectivity index (χ1v) is 7.79. The highest BCUT2D eigenvalue weighted by Gasteiger charge is 2.07. The molecule has 0 heterocycles. The molecule has 0 spiro atoms. The van der Waals surface area contributed by atoms with Crippen LogP contribution in [-0.4, -0.2) is 13.1 Å². The Hall–Kier alpha value is -1.72. The zero-order valence-corrected chi connectivity index (χ0v) is 13.8. The maximum atomic E-state index is 11.3. The zero-order chi connectivity index (χ0) is 15.2. The minimum absolute atomic E-state index is 0.0710. The molecule has 0 fully saturated rings. The van der Waals surface area contributed by atoms with E-state index in [0.717, 1.165) is 14.9 Å². The molecule has 0 saturated heterocycles. The van der Waals surface area contributed by atoms with Gasteiger partial charge in [0.2, 0.25) is 0 Å². The second-order valence-corrected chi connectivity index (χ2v) is 6.19. The van der Waals surface area contributed by atoms with Gasteiger partial charge in [-0.2, -0.15) is 0 Å². The Bertz CT molecular complexity index is 671. The summed E-state index contributed by atoms with van der Waals surface area (Å²) in [5.41, 5.74) is 6.55. The van der Waals surface area contributed by atoms with Gasteiger partial charge in [0.05, 0.1) is 7.11 Å². The first kappa shape index (κ1) is 15.7. The topological polar surface area (TPSA) is 52.3 Å². The number of rotatable bonds is 4. The van der Waals surface area contributed by atoms with Gasteiger partial charge in [0.25, 0.3) is 0 Å². The van der Waals surface area contributed by atoms with E-state index in [1.54, 1.807) is 17.8 Å². The third-order valence-corrected chi connectivity index (χ3v) is 4.37. The Morgan fingerprint density at radius 2 is 1.90 bits per heavy atom. The number of benzene rings is 2. The Balaban J connectivity index is 2.20. The van der Waals surface area contributed by atoms with Crippen LogP contribution < -0.4 is 5.73 Å². The van der Waals surface area contributed by atoms with Crippen LogP contribution in [0.3, 0.4) is 0 Å². The van der Waals surface area contributed by atoms with Crippen molar-refractivity contribution in [1.29, 1.82) is 0 Å². The summed E-state index contributed by atoms with van der Waals surface area (Å²) in [5, 5.41) is 0.